The molecule has 2 atom stereocenters. The highest BCUT2D eigenvalue weighted by Crippen LogP contribution is 2.36. The molecule has 2 amide bonds. The van der Waals surface area contributed by atoms with Gasteiger partial charge in [0.1, 0.15) is 0 Å². The summed E-state index contributed by atoms with van der Waals surface area (Å²) in [5, 5.41) is 6.37. The Morgan fingerprint density at radius 1 is 1.17 bits per heavy atom. The quantitative estimate of drug-likeness (QED) is 0.843. The average molecular weight is 392 g/mol. The number of fused-ring (bicyclic) bond motifs is 1. The van der Waals surface area contributed by atoms with Gasteiger partial charge in [-0.1, -0.05) is 48.5 Å². The average Bonchev–Trinajstić information content (AvgIpc) is 2.97. The molecule has 2 aliphatic heterocycles. The van der Waals surface area contributed by atoms with Gasteiger partial charge >= 0.3 is 0 Å². The molecule has 0 radical (unpaired) electrons. The van der Waals surface area contributed by atoms with Crippen LogP contribution in [0.1, 0.15) is 41.8 Å². The van der Waals surface area contributed by atoms with Crippen molar-refractivity contribution in [2.75, 3.05) is 13.1 Å². The Morgan fingerprint density at radius 2 is 1.90 bits per heavy atom. The zero-order chi connectivity index (χ0) is 20.4. The lowest BCUT2D eigenvalue weighted by Crippen LogP contribution is -2.58. The van der Waals surface area contributed by atoms with Crippen LogP contribution in [0, 0.1) is 5.92 Å². The molecule has 0 unspecified atom stereocenters. The first-order valence-corrected chi connectivity index (χ1v) is 10.4. The minimum Gasteiger partial charge on any atom is -0.354 e. The van der Waals surface area contributed by atoms with Gasteiger partial charge in [0.2, 0.25) is 5.91 Å². The minimum absolute atomic E-state index is 0.0295. The summed E-state index contributed by atoms with van der Waals surface area (Å²) in [5.74, 6) is -0.310. The summed E-state index contributed by atoms with van der Waals surface area (Å²) in [6.45, 7) is 6.05. The fourth-order valence-electron chi connectivity index (χ4n) is 4.74. The van der Waals surface area contributed by atoms with E-state index in [9.17, 15) is 9.59 Å². The zero-order valence-corrected chi connectivity index (χ0v) is 17.2. The van der Waals surface area contributed by atoms with E-state index < -0.39 is 5.54 Å². The van der Waals surface area contributed by atoms with Crippen LogP contribution in [-0.2, 0) is 17.8 Å². The number of hydrogen-bond acceptors (Lipinski definition) is 3. The molecule has 5 nitrogen and oxygen atoms in total. The number of carbonyl (C=O) groups excluding carboxylic acids is 2. The second-order valence-electron chi connectivity index (χ2n) is 8.64. The van der Waals surface area contributed by atoms with E-state index in [-0.39, 0.29) is 23.8 Å². The van der Waals surface area contributed by atoms with E-state index in [0.717, 1.165) is 30.5 Å². The van der Waals surface area contributed by atoms with Gasteiger partial charge in [0.25, 0.3) is 5.91 Å². The van der Waals surface area contributed by atoms with Crippen LogP contribution in [-0.4, -0.2) is 41.4 Å². The number of amides is 2. The van der Waals surface area contributed by atoms with E-state index in [2.05, 4.69) is 27.7 Å². The zero-order valence-electron chi connectivity index (χ0n) is 17.2. The molecule has 1 fully saturated rings. The van der Waals surface area contributed by atoms with E-state index >= 15 is 0 Å². The molecule has 2 heterocycles. The lowest BCUT2D eigenvalue weighted by atomic mass is 9.82. The maximum absolute atomic E-state index is 13.1. The lowest BCUT2D eigenvalue weighted by Gasteiger charge is -2.34. The van der Waals surface area contributed by atoms with E-state index in [4.69, 9.17) is 0 Å². The van der Waals surface area contributed by atoms with Gasteiger partial charge in [-0.15, -0.1) is 0 Å². The topological polar surface area (TPSA) is 61.4 Å². The summed E-state index contributed by atoms with van der Waals surface area (Å²) in [6.07, 6.45) is 1.55. The third-order valence-corrected chi connectivity index (χ3v) is 6.07. The maximum atomic E-state index is 13.1. The molecule has 0 saturated carbocycles. The summed E-state index contributed by atoms with van der Waals surface area (Å²) >= 11 is 0. The number of aryl methyl sites for hydroxylation is 1. The van der Waals surface area contributed by atoms with Crippen LogP contribution in [0.15, 0.2) is 54.6 Å². The van der Waals surface area contributed by atoms with Crippen LogP contribution in [0.2, 0.25) is 0 Å². The summed E-state index contributed by atoms with van der Waals surface area (Å²) in [7, 11) is 0. The number of benzene rings is 2. The van der Waals surface area contributed by atoms with E-state index in [1.165, 1.54) is 5.56 Å². The van der Waals surface area contributed by atoms with E-state index in [0.29, 0.717) is 13.1 Å². The third kappa shape index (κ3) is 4.06. The van der Waals surface area contributed by atoms with Crippen molar-refractivity contribution >= 4 is 11.8 Å². The minimum atomic E-state index is -0.552. The molecule has 152 valence electrons. The molecule has 2 N–H and O–H groups in total. The molecule has 29 heavy (non-hydrogen) atoms. The Kier molecular flexibility index (Phi) is 5.41. The van der Waals surface area contributed by atoms with Gasteiger partial charge in [-0.05, 0) is 43.9 Å². The second kappa shape index (κ2) is 7.99. The van der Waals surface area contributed by atoms with Gasteiger partial charge in [-0.2, -0.15) is 0 Å². The van der Waals surface area contributed by atoms with Crippen LogP contribution in [0.25, 0.3) is 0 Å². The van der Waals surface area contributed by atoms with E-state index in [1.54, 1.807) is 0 Å². The van der Waals surface area contributed by atoms with Gasteiger partial charge in [-0.25, -0.2) is 0 Å². The highest BCUT2D eigenvalue weighted by molar-refractivity contribution is 5.97. The van der Waals surface area contributed by atoms with Crippen molar-refractivity contribution < 1.29 is 9.59 Å². The summed E-state index contributed by atoms with van der Waals surface area (Å²) < 4.78 is 0. The molecule has 1 saturated heterocycles. The monoisotopic (exact) mass is 391 g/mol. The number of rotatable bonds is 4. The molecule has 2 aliphatic rings. The Labute approximate surface area is 172 Å². The van der Waals surface area contributed by atoms with Crippen molar-refractivity contribution in [1.82, 2.24) is 15.5 Å². The molecule has 5 heteroatoms. The summed E-state index contributed by atoms with van der Waals surface area (Å²) in [6, 6.07) is 18.1. The van der Waals surface area contributed by atoms with Crippen molar-refractivity contribution in [3.8, 4) is 0 Å². The maximum Gasteiger partial charge on any atom is 0.252 e. The first-order chi connectivity index (χ1) is 14.0. The van der Waals surface area contributed by atoms with Crippen LogP contribution < -0.4 is 10.6 Å². The number of nitrogens with zero attached hydrogens (tertiary/aromatic N) is 1. The smallest absolute Gasteiger partial charge is 0.252 e. The molecular weight excluding hydrogens is 362 g/mol. The highest BCUT2D eigenvalue weighted by Gasteiger charge is 2.51. The molecule has 4 rings (SSSR count). The number of carbonyl (C=O) groups is 2. The Bertz CT molecular complexity index is 896. The SMILES string of the molecule is CC(C)NC(=O)[C@@H]1CN(Cc2ccccc2)C[C@]12CCc1ccccc1C(=O)N2. The molecule has 1 spiro atoms. The van der Waals surface area contributed by atoms with Crippen molar-refractivity contribution in [2.24, 2.45) is 5.92 Å². The van der Waals surface area contributed by atoms with Crippen LogP contribution >= 0.6 is 0 Å². The molecule has 0 aromatic heterocycles. The number of hydrogen-bond donors (Lipinski definition) is 2. The molecule has 2 aromatic carbocycles. The Balaban J connectivity index is 1.63. The number of nitrogens with one attached hydrogen (secondary N) is 2. The first-order valence-electron chi connectivity index (χ1n) is 10.4. The largest absolute Gasteiger partial charge is 0.354 e. The highest BCUT2D eigenvalue weighted by atomic mass is 16.2. The van der Waals surface area contributed by atoms with Gasteiger partial charge in [-0.3, -0.25) is 14.5 Å². The fourth-order valence-corrected chi connectivity index (χ4v) is 4.74. The van der Waals surface area contributed by atoms with Gasteiger partial charge in [0.15, 0.2) is 0 Å². The fraction of sp³-hybridized carbons (Fsp3) is 0.417. The van der Waals surface area contributed by atoms with Gasteiger partial charge in [0, 0.05) is 31.2 Å². The molecule has 0 aliphatic carbocycles. The van der Waals surface area contributed by atoms with Crippen molar-refractivity contribution in [2.45, 2.75) is 44.8 Å². The predicted octanol–water partition coefficient (Wildman–Crippen LogP) is 2.76. The summed E-state index contributed by atoms with van der Waals surface area (Å²) in [4.78, 5) is 28.5. The normalized spacial score (nSPS) is 24.2. The molecule has 0 bridgehead atoms. The van der Waals surface area contributed by atoms with Gasteiger partial charge < -0.3 is 10.6 Å². The lowest BCUT2D eigenvalue weighted by molar-refractivity contribution is -0.126. The molecular formula is C24H29N3O2. The second-order valence-corrected chi connectivity index (χ2v) is 8.64. The predicted molar refractivity (Wildman–Crippen MR) is 113 cm³/mol. The van der Waals surface area contributed by atoms with E-state index in [1.807, 2.05) is 56.3 Å². The third-order valence-electron chi connectivity index (χ3n) is 6.07. The Morgan fingerprint density at radius 3 is 2.66 bits per heavy atom. The number of likely N-dealkylation sites (tertiary alicyclic amines) is 1. The molecule has 2 aromatic rings. The van der Waals surface area contributed by atoms with Crippen molar-refractivity contribution in [1.29, 1.82) is 0 Å². The standard InChI is InChI=1S/C24H29N3O2/c1-17(2)25-23(29)21-15-27(14-18-8-4-3-5-9-18)16-24(21)13-12-19-10-6-7-11-20(19)22(28)26-24/h3-11,17,21H,12-16H2,1-2H3,(H,25,29)(H,26,28)/t21-,24+/m0/s1. The van der Waals surface area contributed by atoms with Crippen LogP contribution in [0.3, 0.4) is 0 Å². The van der Waals surface area contributed by atoms with Crippen molar-refractivity contribution in [3.63, 3.8) is 0 Å². The Hall–Kier alpha value is -2.66. The van der Waals surface area contributed by atoms with Crippen LogP contribution in [0.5, 0.6) is 0 Å². The van der Waals surface area contributed by atoms with Crippen molar-refractivity contribution in [3.05, 3.63) is 71.3 Å². The first kappa shape index (κ1) is 19.6. The summed E-state index contributed by atoms with van der Waals surface area (Å²) in [5.41, 5.74) is 2.46. The van der Waals surface area contributed by atoms with Crippen LogP contribution in [0.4, 0.5) is 0 Å². The van der Waals surface area contributed by atoms with Gasteiger partial charge in [0.05, 0.1) is 11.5 Å².